The third-order valence-electron chi connectivity index (χ3n) is 3.16. The molecule has 1 fully saturated rings. The fourth-order valence-corrected chi connectivity index (χ4v) is 3.66. The second-order valence-corrected chi connectivity index (χ2v) is 6.45. The lowest BCUT2D eigenvalue weighted by atomic mass is 10.2. The molecular weight excluding hydrogens is 264 g/mol. The lowest BCUT2D eigenvalue weighted by molar-refractivity contribution is 0.337. The lowest BCUT2D eigenvalue weighted by Crippen LogP contribution is -2.46. The molecule has 1 heterocycles. The van der Waals surface area contributed by atoms with Gasteiger partial charge >= 0.3 is 0 Å². The molecule has 0 radical (unpaired) electrons. The van der Waals surface area contributed by atoms with Gasteiger partial charge in [-0.05, 0) is 37.6 Å². The number of nitrogens with zero attached hydrogens (tertiary/aromatic N) is 1. The number of rotatable bonds is 4. The van der Waals surface area contributed by atoms with Crippen LogP contribution in [0.1, 0.15) is 12.5 Å². The van der Waals surface area contributed by atoms with E-state index in [2.05, 4.69) is 5.32 Å². The first-order valence-corrected chi connectivity index (χ1v) is 7.94. The van der Waals surface area contributed by atoms with Crippen molar-refractivity contribution in [2.24, 2.45) is 0 Å². The minimum absolute atomic E-state index is 0.343. The minimum Gasteiger partial charge on any atom is -0.494 e. The van der Waals surface area contributed by atoms with Crippen molar-refractivity contribution in [2.75, 3.05) is 32.8 Å². The molecule has 0 bridgehead atoms. The molecule has 5 nitrogen and oxygen atoms in total. The van der Waals surface area contributed by atoms with E-state index in [0.717, 1.165) is 11.3 Å². The molecule has 1 aromatic rings. The Morgan fingerprint density at radius 3 is 2.58 bits per heavy atom. The van der Waals surface area contributed by atoms with Crippen LogP contribution >= 0.6 is 0 Å². The van der Waals surface area contributed by atoms with Crippen molar-refractivity contribution >= 4 is 10.0 Å². The van der Waals surface area contributed by atoms with Gasteiger partial charge in [-0.25, -0.2) is 8.42 Å². The number of nitrogens with one attached hydrogen (secondary N) is 1. The minimum atomic E-state index is -3.38. The van der Waals surface area contributed by atoms with Gasteiger partial charge in [0.25, 0.3) is 0 Å². The van der Waals surface area contributed by atoms with Crippen molar-refractivity contribution in [2.45, 2.75) is 18.7 Å². The van der Waals surface area contributed by atoms with Crippen LogP contribution in [0.5, 0.6) is 5.75 Å². The number of hydrogen-bond acceptors (Lipinski definition) is 4. The zero-order valence-electron chi connectivity index (χ0n) is 11.3. The highest BCUT2D eigenvalue weighted by molar-refractivity contribution is 7.89. The van der Waals surface area contributed by atoms with Gasteiger partial charge < -0.3 is 10.1 Å². The highest BCUT2D eigenvalue weighted by Gasteiger charge is 2.26. The van der Waals surface area contributed by atoms with Crippen molar-refractivity contribution in [3.63, 3.8) is 0 Å². The normalized spacial score (nSPS) is 17.4. The molecule has 1 aliphatic rings. The van der Waals surface area contributed by atoms with Gasteiger partial charge in [-0.1, -0.05) is 0 Å². The molecule has 0 spiro atoms. The van der Waals surface area contributed by atoms with E-state index in [9.17, 15) is 8.42 Å². The Hall–Kier alpha value is -1.11. The second kappa shape index (κ2) is 5.90. The van der Waals surface area contributed by atoms with E-state index in [0.29, 0.717) is 37.7 Å². The quantitative estimate of drug-likeness (QED) is 0.895. The molecule has 0 aliphatic carbocycles. The van der Waals surface area contributed by atoms with E-state index >= 15 is 0 Å². The van der Waals surface area contributed by atoms with Crippen LogP contribution in [0, 0.1) is 6.92 Å². The first-order valence-electron chi connectivity index (χ1n) is 6.50. The van der Waals surface area contributed by atoms with E-state index < -0.39 is 10.0 Å². The molecule has 6 heteroatoms. The van der Waals surface area contributed by atoms with Gasteiger partial charge in [-0.2, -0.15) is 4.31 Å². The predicted molar refractivity (Wildman–Crippen MR) is 74.0 cm³/mol. The summed E-state index contributed by atoms with van der Waals surface area (Å²) in [5, 5.41) is 3.15. The third-order valence-corrected chi connectivity index (χ3v) is 5.05. The van der Waals surface area contributed by atoms with E-state index in [4.69, 9.17) is 4.74 Å². The zero-order chi connectivity index (χ0) is 13.9. The maximum atomic E-state index is 12.5. The highest BCUT2D eigenvalue weighted by atomic mass is 32.2. The van der Waals surface area contributed by atoms with Crippen LogP contribution in [0.3, 0.4) is 0 Å². The van der Waals surface area contributed by atoms with E-state index in [1.54, 1.807) is 18.2 Å². The van der Waals surface area contributed by atoms with E-state index in [1.165, 1.54) is 4.31 Å². The van der Waals surface area contributed by atoms with E-state index in [1.807, 2.05) is 13.8 Å². The summed E-state index contributed by atoms with van der Waals surface area (Å²) in [5.74, 6) is 0.738. The van der Waals surface area contributed by atoms with Crippen LogP contribution in [0.15, 0.2) is 23.1 Å². The number of benzene rings is 1. The number of ether oxygens (including phenoxy) is 1. The first kappa shape index (κ1) is 14.3. The number of piperazine rings is 1. The molecule has 0 amide bonds. The summed E-state index contributed by atoms with van der Waals surface area (Å²) in [6.07, 6.45) is 0. The van der Waals surface area contributed by atoms with Crippen LogP contribution in [0.25, 0.3) is 0 Å². The van der Waals surface area contributed by atoms with E-state index in [-0.39, 0.29) is 0 Å². The summed E-state index contributed by atoms with van der Waals surface area (Å²) in [7, 11) is -3.38. The largest absolute Gasteiger partial charge is 0.494 e. The summed E-state index contributed by atoms with van der Waals surface area (Å²) in [4.78, 5) is 0.343. The third kappa shape index (κ3) is 3.08. The van der Waals surface area contributed by atoms with Crippen LogP contribution in [0.2, 0.25) is 0 Å². The summed E-state index contributed by atoms with van der Waals surface area (Å²) >= 11 is 0. The Morgan fingerprint density at radius 1 is 1.32 bits per heavy atom. The molecular formula is C13H20N2O3S. The van der Waals surface area contributed by atoms with Gasteiger partial charge in [0.2, 0.25) is 10.0 Å². The van der Waals surface area contributed by atoms with Crippen molar-refractivity contribution in [3.8, 4) is 5.75 Å². The number of sulfonamides is 1. The molecule has 0 atom stereocenters. The fourth-order valence-electron chi connectivity index (χ4n) is 2.13. The Kier molecular flexibility index (Phi) is 4.44. The number of aryl methyl sites for hydroxylation is 1. The van der Waals surface area contributed by atoms with Crippen molar-refractivity contribution < 1.29 is 13.2 Å². The van der Waals surface area contributed by atoms with Gasteiger partial charge in [-0.15, -0.1) is 0 Å². The molecule has 1 aromatic carbocycles. The molecule has 1 saturated heterocycles. The molecule has 0 saturated carbocycles. The van der Waals surface area contributed by atoms with Crippen LogP contribution < -0.4 is 10.1 Å². The topological polar surface area (TPSA) is 58.6 Å². The molecule has 2 rings (SSSR count). The van der Waals surface area contributed by atoms with Crippen molar-refractivity contribution in [1.29, 1.82) is 0 Å². The maximum Gasteiger partial charge on any atom is 0.243 e. The molecule has 1 N–H and O–H groups in total. The molecule has 19 heavy (non-hydrogen) atoms. The van der Waals surface area contributed by atoms with Crippen LogP contribution in [-0.4, -0.2) is 45.5 Å². The van der Waals surface area contributed by atoms with Crippen molar-refractivity contribution in [1.82, 2.24) is 9.62 Å². The summed E-state index contributed by atoms with van der Waals surface area (Å²) in [6.45, 7) is 6.80. The standard InChI is InChI=1S/C13H20N2O3S/c1-3-18-13-5-4-12(10-11(13)2)19(16,17)15-8-6-14-7-9-15/h4-5,10,14H,3,6-9H2,1-2H3. The Labute approximate surface area is 114 Å². The Bertz CT molecular complexity index is 537. The smallest absolute Gasteiger partial charge is 0.243 e. The van der Waals surface area contributed by atoms with Gasteiger partial charge in [0.1, 0.15) is 5.75 Å². The summed E-state index contributed by atoms with van der Waals surface area (Å²) in [6, 6.07) is 5.03. The van der Waals surface area contributed by atoms with Crippen LogP contribution in [-0.2, 0) is 10.0 Å². The van der Waals surface area contributed by atoms with Crippen LogP contribution in [0.4, 0.5) is 0 Å². The SMILES string of the molecule is CCOc1ccc(S(=O)(=O)N2CCNCC2)cc1C. The second-order valence-electron chi connectivity index (χ2n) is 4.51. The van der Waals surface area contributed by atoms with Gasteiger partial charge in [0.05, 0.1) is 11.5 Å². The van der Waals surface area contributed by atoms with Gasteiger partial charge in [-0.3, -0.25) is 0 Å². The lowest BCUT2D eigenvalue weighted by Gasteiger charge is -2.26. The van der Waals surface area contributed by atoms with Gasteiger partial charge in [0.15, 0.2) is 0 Å². The Balaban J connectivity index is 2.27. The van der Waals surface area contributed by atoms with Crippen molar-refractivity contribution in [3.05, 3.63) is 23.8 Å². The zero-order valence-corrected chi connectivity index (χ0v) is 12.2. The monoisotopic (exact) mass is 284 g/mol. The Morgan fingerprint density at radius 2 is 2.00 bits per heavy atom. The fraction of sp³-hybridized carbons (Fsp3) is 0.538. The summed E-state index contributed by atoms with van der Waals surface area (Å²) in [5.41, 5.74) is 0.845. The average Bonchev–Trinajstić information content (AvgIpc) is 2.42. The average molecular weight is 284 g/mol. The number of hydrogen-bond donors (Lipinski definition) is 1. The highest BCUT2D eigenvalue weighted by Crippen LogP contribution is 2.24. The molecule has 1 aliphatic heterocycles. The van der Waals surface area contributed by atoms with Gasteiger partial charge in [0, 0.05) is 26.2 Å². The first-order chi connectivity index (χ1) is 9.05. The molecule has 106 valence electrons. The predicted octanol–water partition coefficient (Wildman–Crippen LogP) is 0.988. The summed E-state index contributed by atoms with van der Waals surface area (Å²) < 4.78 is 31.9. The molecule has 0 aromatic heterocycles. The molecule has 0 unspecified atom stereocenters. The maximum absolute atomic E-state index is 12.5.